The average molecular weight is 505 g/mol. The summed E-state index contributed by atoms with van der Waals surface area (Å²) in [6, 6.07) is 5.54. The Balaban J connectivity index is 0.000000662. The highest BCUT2D eigenvalue weighted by Crippen LogP contribution is 2.33. The second kappa shape index (κ2) is 18.0. The maximum atomic E-state index is 12.3. The van der Waals surface area contributed by atoms with Gasteiger partial charge in [-0.1, -0.05) is 58.4 Å². The van der Waals surface area contributed by atoms with Crippen molar-refractivity contribution in [3.8, 4) is 11.5 Å². The Morgan fingerprint density at radius 1 is 0.917 bits per heavy atom. The van der Waals surface area contributed by atoms with E-state index in [-0.39, 0.29) is 18.4 Å². The molecular formula is C29H48N2O5. The zero-order valence-corrected chi connectivity index (χ0v) is 22.8. The number of fused-ring (bicyclic) bond motifs is 1. The van der Waals surface area contributed by atoms with Gasteiger partial charge in [0.2, 0.25) is 5.91 Å². The van der Waals surface area contributed by atoms with Crippen LogP contribution in [0, 0.1) is 0 Å². The minimum atomic E-state index is -0.543. The number of amides is 1. The maximum absolute atomic E-state index is 12.3. The third-order valence-electron chi connectivity index (χ3n) is 6.52. The van der Waals surface area contributed by atoms with E-state index >= 15 is 0 Å². The summed E-state index contributed by atoms with van der Waals surface area (Å²) in [5, 5.41) is 2.94. The molecule has 1 aromatic rings. The number of benzene rings is 1. The predicted octanol–water partition coefficient (Wildman–Crippen LogP) is 5.81. The summed E-state index contributed by atoms with van der Waals surface area (Å²) < 4.78 is 17.0. The van der Waals surface area contributed by atoms with Gasteiger partial charge in [-0.2, -0.15) is 0 Å². The number of carbonyl (C=O) groups is 2. The Labute approximate surface area is 218 Å². The molecule has 2 aliphatic rings. The van der Waals surface area contributed by atoms with Gasteiger partial charge >= 0.3 is 5.97 Å². The Morgan fingerprint density at radius 3 is 2.22 bits per heavy atom. The van der Waals surface area contributed by atoms with E-state index < -0.39 is 6.10 Å². The SMILES string of the molecule is CCCCCCCC(=O)NCC(OC(=O)CCCCC)c1ccc2c(c1)OCCO2.CN1CCCC1. The fourth-order valence-corrected chi connectivity index (χ4v) is 4.28. The van der Waals surface area contributed by atoms with E-state index in [9.17, 15) is 9.59 Å². The van der Waals surface area contributed by atoms with E-state index in [0.29, 0.717) is 37.6 Å². The van der Waals surface area contributed by atoms with Gasteiger partial charge in [-0.15, -0.1) is 0 Å². The number of unbranched alkanes of at least 4 members (excludes halogenated alkanes) is 6. The van der Waals surface area contributed by atoms with Gasteiger partial charge < -0.3 is 24.4 Å². The van der Waals surface area contributed by atoms with Crippen LogP contribution in [0.3, 0.4) is 0 Å². The van der Waals surface area contributed by atoms with Crippen LogP contribution in [0.4, 0.5) is 0 Å². The number of ether oxygens (including phenoxy) is 3. The van der Waals surface area contributed by atoms with Crippen LogP contribution in [-0.4, -0.2) is 56.7 Å². The maximum Gasteiger partial charge on any atom is 0.306 e. The summed E-state index contributed by atoms with van der Waals surface area (Å²) in [6.45, 7) is 8.19. The third-order valence-corrected chi connectivity index (χ3v) is 6.52. The van der Waals surface area contributed by atoms with Crippen molar-refractivity contribution in [2.75, 3.05) is 39.9 Å². The molecule has 1 N–H and O–H groups in total. The van der Waals surface area contributed by atoms with Crippen molar-refractivity contribution in [1.82, 2.24) is 10.2 Å². The van der Waals surface area contributed by atoms with Crippen LogP contribution in [0.2, 0.25) is 0 Å². The van der Waals surface area contributed by atoms with Crippen LogP contribution >= 0.6 is 0 Å². The molecule has 1 amide bonds. The number of likely N-dealkylation sites (tertiary alicyclic amines) is 1. The van der Waals surface area contributed by atoms with Gasteiger partial charge in [-0.05, 0) is 63.5 Å². The highest BCUT2D eigenvalue weighted by molar-refractivity contribution is 5.76. The fourth-order valence-electron chi connectivity index (χ4n) is 4.28. The van der Waals surface area contributed by atoms with Gasteiger partial charge in [0.25, 0.3) is 0 Å². The van der Waals surface area contributed by atoms with E-state index in [1.54, 1.807) is 0 Å². The molecule has 1 fully saturated rings. The molecule has 1 aromatic carbocycles. The van der Waals surface area contributed by atoms with E-state index in [1.807, 2.05) is 18.2 Å². The van der Waals surface area contributed by atoms with Gasteiger partial charge in [0.1, 0.15) is 19.3 Å². The lowest BCUT2D eigenvalue weighted by molar-refractivity contribution is -0.150. The first-order valence-corrected chi connectivity index (χ1v) is 14.1. The molecule has 0 spiro atoms. The number of hydrogen-bond acceptors (Lipinski definition) is 6. The zero-order valence-electron chi connectivity index (χ0n) is 22.8. The number of carbonyl (C=O) groups excluding carboxylic acids is 2. The van der Waals surface area contributed by atoms with Crippen molar-refractivity contribution in [1.29, 1.82) is 0 Å². The highest BCUT2D eigenvalue weighted by atomic mass is 16.6. The van der Waals surface area contributed by atoms with Gasteiger partial charge in [-0.25, -0.2) is 0 Å². The molecule has 3 rings (SSSR count). The second-order valence-corrected chi connectivity index (χ2v) is 9.82. The molecule has 1 saturated heterocycles. The molecule has 0 saturated carbocycles. The van der Waals surface area contributed by atoms with Gasteiger partial charge in [0.05, 0.1) is 6.54 Å². The first-order valence-electron chi connectivity index (χ1n) is 14.1. The molecule has 36 heavy (non-hydrogen) atoms. The molecule has 0 aliphatic carbocycles. The lowest BCUT2D eigenvalue weighted by Crippen LogP contribution is -2.30. The minimum Gasteiger partial charge on any atom is -0.486 e. The van der Waals surface area contributed by atoms with E-state index in [4.69, 9.17) is 14.2 Å². The molecule has 7 nitrogen and oxygen atoms in total. The monoisotopic (exact) mass is 504 g/mol. The first kappa shape index (κ1) is 29.9. The number of esters is 1. The van der Waals surface area contributed by atoms with Crippen LogP contribution < -0.4 is 14.8 Å². The molecule has 1 unspecified atom stereocenters. The molecule has 0 aromatic heterocycles. The molecule has 204 valence electrons. The van der Waals surface area contributed by atoms with Crippen molar-refractivity contribution >= 4 is 11.9 Å². The number of nitrogens with zero attached hydrogens (tertiary/aromatic N) is 1. The summed E-state index contributed by atoms with van der Waals surface area (Å²) in [6.07, 6.45) is 11.6. The van der Waals surface area contributed by atoms with Gasteiger partial charge in [0.15, 0.2) is 11.5 Å². The lowest BCUT2D eigenvalue weighted by Gasteiger charge is -2.23. The quantitative estimate of drug-likeness (QED) is 0.254. The standard InChI is InChI=1S/C24H37NO5.C5H11N/c1-3-5-7-8-10-11-23(26)25-18-22(30-24(27)12-9-6-4-2)19-13-14-20-21(17-19)29-16-15-28-20;1-6-4-2-3-5-6/h13-14,17,22H,3-12,15-16,18H2,1-2H3,(H,25,26);2-5H2,1H3. The molecular weight excluding hydrogens is 456 g/mol. The lowest BCUT2D eigenvalue weighted by atomic mass is 10.1. The fraction of sp³-hybridized carbons (Fsp3) is 0.724. The summed E-state index contributed by atoms with van der Waals surface area (Å²) in [7, 11) is 2.17. The largest absolute Gasteiger partial charge is 0.486 e. The highest BCUT2D eigenvalue weighted by Gasteiger charge is 2.21. The second-order valence-electron chi connectivity index (χ2n) is 9.82. The molecule has 2 heterocycles. The third kappa shape index (κ3) is 12.1. The van der Waals surface area contributed by atoms with Crippen LogP contribution in [0.25, 0.3) is 0 Å². The van der Waals surface area contributed by atoms with Crippen molar-refractivity contribution in [3.05, 3.63) is 23.8 Å². The Morgan fingerprint density at radius 2 is 1.56 bits per heavy atom. The summed E-state index contributed by atoms with van der Waals surface area (Å²) >= 11 is 0. The van der Waals surface area contributed by atoms with E-state index in [2.05, 4.69) is 31.1 Å². The predicted molar refractivity (Wildman–Crippen MR) is 144 cm³/mol. The van der Waals surface area contributed by atoms with Crippen LogP contribution in [0.5, 0.6) is 11.5 Å². The van der Waals surface area contributed by atoms with Crippen molar-refractivity contribution in [2.45, 2.75) is 97.0 Å². The number of nitrogens with one attached hydrogen (secondary N) is 1. The minimum absolute atomic E-state index is 0.00364. The molecule has 2 aliphatic heterocycles. The molecule has 7 heteroatoms. The van der Waals surface area contributed by atoms with Gasteiger partial charge in [-0.3, -0.25) is 9.59 Å². The summed E-state index contributed by atoms with van der Waals surface area (Å²) in [5.41, 5.74) is 0.798. The van der Waals surface area contributed by atoms with Crippen LogP contribution in [-0.2, 0) is 14.3 Å². The number of rotatable bonds is 14. The first-order chi connectivity index (χ1) is 17.5. The molecule has 1 atom stereocenters. The summed E-state index contributed by atoms with van der Waals surface area (Å²) in [5.74, 6) is 1.09. The van der Waals surface area contributed by atoms with Crippen molar-refractivity contribution in [3.63, 3.8) is 0 Å². The Bertz CT molecular complexity index is 764. The van der Waals surface area contributed by atoms with Crippen molar-refractivity contribution < 1.29 is 23.8 Å². The number of hydrogen-bond donors (Lipinski definition) is 1. The van der Waals surface area contributed by atoms with Crippen LogP contribution in [0.15, 0.2) is 18.2 Å². The summed E-state index contributed by atoms with van der Waals surface area (Å²) in [4.78, 5) is 26.9. The van der Waals surface area contributed by atoms with E-state index in [0.717, 1.165) is 37.7 Å². The smallest absolute Gasteiger partial charge is 0.306 e. The van der Waals surface area contributed by atoms with E-state index in [1.165, 1.54) is 45.2 Å². The van der Waals surface area contributed by atoms with Crippen molar-refractivity contribution in [2.24, 2.45) is 0 Å². The molecule has 0 bridgehead atoms. The topological polar surface area (TPSA) is 77.1 Å². The Hall–Kier alpha value is -2.28. The van der Waals surface area contributed by atoms with Crippen LogP contribution in [0.1, 0.15) is 103 Å². The normalized spacial score (nSPS) is 15.5. The molecule has 0 radical (unpaired) electrons. The zero-order chi connectivity index (χ0) is 26.0. The average Bonchev–Trinajstić information content (AvgIpc) is 3.37. The Kier molecular flexibility index (Phi) is 15.0. The van der Waals surface area contributed by atoms with Gasteiger partial charge in [0, 0.05) is 12.8 Å².